The quantitative estimate of drug-likeness (QED) is 0.458. The van der Waals surface area contributed by atoms with E-state index in [4.69, 9.17) is 0 Å². The van der Waals surface area contributed by atoms with Gasteiger partial charge in [-0.15, -0.1) is 0 Å². The Morgan fingerprint density at radius 3 is 1.85 bits per heavy atom. The lowest BCUT2D eigenvalue weighted by atomic mass is 10.0. The van der Waals surface area contributed by atoms with E-state index >= 15 is 0 Å². The van der Waals surface area contributed by atoms with Gasteiger partial charge in [-0.05, 0) is 41.0 Å². The number of fused-ring (bicyclic) bond motifs is 2. The van der Waals surface area contributed by atoms with Gasteiger partial charge in [-0.3, -0.25) is 4.79 Å². The van der Waals surface area contributed by atoms with Crippen molar-refractivity contribution in [3.05, 3.63) is 96.1 Å². The third kappa shape index (κ3) is 3.81. The maximum atomic E-state index is 11.3. The van der Waals surface area contributed by atoms with Crippen LogP contribution in [-0.4, -0.2) is 10.9 Å². The van der Waals surface area contributed by atoms with E-state index < -0.39 is 6.10 Å². The van der Waals surface area contributed by atoms with E-state index in [1.807, 2.05) is 72.8 Å². The molecule has 2 heteroatoms. The Labute approximate surface area is 153 Å². The van der Waals surface area contributed by atoms with Gasteiger partial charge in [0.05, 0.1) is 6.10 Å². The molecule has 26 heavy (non-hydrogen) atoms. The highest BCUT2D eigenvalue weighted by molar-refractivity contribution is 6.06. The summed E-state index contributed by atoms with van der Waals surface area (Å²) >= 11 is 0. The van der Waals surface area contributed by atoms with E-state index in [0.717, 1.165) is 27.3 Å². The first kappa shape index (κ1) is 17.8. The lowest BCUT2D eigenvalue weighted by molar-refractivity contribution is 0.101. The van der Waals surface area contributed by atoms with Crippen LogP contribution >= 0.6 is 0 Å². The van der Waals surface area contributed by atoms with Crippen LogP contribution in [0.5, 0.6) is 0 Å². The summed E-state index contributed by atoms with van der Waals surface area (Å²) in [7, 11) is 0. The molecule has 1 N–H and O–H groups in total. The molecule has 130 valence electrons. The maximum absolute atomic E-state index is 11.3. The third-order valence-electron chi connectivity index (χ3n) is 4.44. The average molecular weight is 342 g/mol. The van der Waals surface area contributed by atoms with Crippen LogP contribution in [-0.2, 0) is 0 Å². The van der Waals surface area contributed by atoms with Gasteiger partial charge in [0.25, 0.3) is 0 Å². The molecule has 1 atom stereocenters. The minimum Gasteiger partial charge on any atom is -0.389 e. The molecule has 0 aliphatic carbocycles. The minimum absolute atomic E-state index is 0.122. The smallest absolute Gasteiger partial charge is 0.160 e. The van der Waals surface area contributed by atoms with Gasteiger partial charge in [0.1, 0.15) is 0 Å². The van der Waals surface area contributed by atoms with Gasteiger partial charge in [0, 0.05) is 5.56 Å². The molecule has 0 saturated carbocycles. The topological polar surface area (TPSA) is 37.3 Å². The van der Waals surface area contributed by atoms with Crippen molar-refractivity contribution in [2.45, 2.75) is 20.0 Å². The molecular weight excluding hydrogens is 320 g/mol. The van der Waals surface area contributed by atoms with Crippen LogP contribution in [0.1, 0.15) is 35.9 Å². The second-order valence-electron chi connectivity index (χ2n) is 6.33. The molecule has 2 nitrogen and oxygen atoms in total. The number of carbonyl (C=O) groups is 1. The number of carbonyl (C=O) groups excluding carboxylic acids is 1. The van der Waals surface area contributed by atoms with E-state index in [9.17, 15) is 9.90 Å². The number of benzene rings is 4. The standard InChI is InChI=1S/C12H12O.C12H10O/c2*1-9(13)11-8-4-6-10-5-2-3-7-12(10)11/h2-9,13H,1H3;2-8H,1H3/t9-;/m1./s1. The molecule has 0 amide bonds. The molecule has 0 heterocycles. The zero-order valence-electron chi connectivity index (χ0n) is 15.0. The average Bonchev–Trinajstić information content (AvgIpc) is 2.67. The van der Waals surface area contributed by atoms with E-state index in [2.05, 4.69) is 12.1 Å². The first-order valence-electron chi connectivity index (χ1n) is 8.72. The molecule has 0 spiro atoms. The van der Waals surface area contributed by atoms with Gasteiger partial charge >= 0.3 is 0 Å². The lowest BCUT2D eigenvalue weighted by Gasteiger charge is -2.08. The highest BCUT2D eigenvalue weighted by Gasteiger charge is 2.04. The summed E-state index contributed by atoms with van der Waals surface area (Å²) in [5, 5.41) is 14.0. The van der Waals surface area contributed by atoms with Crippen LogP contribution in [0.15, 0.2) is 84.9 Å². The molecule has 0 saturated heterocycles. The summed E-state index contributed by atoms with van der Waals surface area (Å²) in [4.78, 5) is 11.3. The Morgan fingerprint density at radius 1 is 0.731 bits per heavy atom. The van der Waals surface area contributed by atoms with E-state index in [-0.39, 0.29) is 5.78 Å². The Balaban J connectivity index is 0.000000151. The van der Waals surface area contributed by atoms with Gasteiger partial charge in [-0.25, -0.2) is 0 Å². The predicted octanol–water partition coefficient (Wildman–Crippen LogP) is 5.94. The lowest BCUT2D eigenvalue weighted by Crippen LogP contribution is -1.92. The normalized spacial score (nSPS) is 11.7. The van der Waals surface area contributed by atoms with Crippen LogP contribution in [0.25, 0.3) is 21.5 Å². The number of hydrogen-bond acceptors (Lipinski definition) is 2. The maximum Gasteiger partial charge on any atom is 0.160 e. The number of hydrogen-bond donors (Lipinski definition) is 1. The van der Waals surface area contributed by atoms with Gasteiger partial charge in [0.2, 0.25) is 0 Å². The SMILES string of the molecule is CC(=O)c1cccc2ccccc12.C[C@@H](O)c1cccc2ccccc12. The highest BCUT2D eigenvalue weighted by Crippen LogP contribution is 2.23. The first-order chi connectivity index (χ1) is 12.6. The molecule has 0 unspecified atom stereocenters. The van der Waals surface area contributed by atoms with Crippen molar-refractivity contribution in [2.24, 2.45) is 0 Å². The van der Waals surface area contributed by atoms with Crippen molar-refractivity contribution in [3.63, 3.8) is 0 Å². The predicted molar refractivity (Wildman–Crippen MR) is 109 cm³/mol. The van der Waals surface area contributed by atoms with Crippen molar-refractivity contribution < 1.29 is 9.90 Å². The summed E-state index contributed by atoms with van der Waals surface area (Å²) in [6.07, 6.45) is -0.397. The van der Waals surface area contributed by atoms with Crippen molar-refractivity contribution in [1.29, 1.82) is 0 Å². The van der Waals surface area contributed by atoms with Crippen LogP contribution in [0.2, 0.25) is 0 Å². The molecule has 0 radical (unpaired) electrons. The Morgan fingerprint density at radius 2 is 1.23 bits per heavy atom. The van der Waals surface area contributed by atoms with Gasteiger partial charge in [0.15, 0.2) is 5.78 Å². The Hall–Kier alpha value is -2.97. The highest BCUT2D eigenvalue weighted by atomic mass is 16.3. The first-order valence-corrected chi connectivity index (χ1v) is 8.72. The molecule has 0 bridgehead atoms. The van der Waals surface area contributed by atoms with Crippen LogP contribution < -0.4 is 0 Å². The molecule has 0 aliphatic rings. The summed E-state index contributed by atoms with van der Waals surface area (Å²) < 4.78 is 0. The van der Waals surface area contributed by atoms with Crippen LogP contribution in [0.3, 0.4) is 0 Å². The molecular formula is C24H22O2. The number of rotatable bonds is 2. The van der Waals surface area contributed by atoms with Crippen molar-refractivity contribution in [3.8, 4) is 0 Å². The van der Waals surface area contributed by atoms with Gasteiger partial charge in [-0.2, -0.15) is 0 Å². The zero-order valence-corrected chi connectivity index (χ0v) is 15.0. The Kier molecular flexibility index (Phi) is 5.45. The summed E-state index contributed by atoms with van der Waals surface area (Å²) in [5.41, 5.74) is 1.80. The molecule has 0 fully saturated rings. The van der Waals surface area contributed by atoms with Crippen molar-refractivity contribution >= 4 is 27.3 Å². The van der Waals surface area contributed by atoms with Gasteiger partial charge < -0.3 is 5.11 Å². The zero-order chi connectivity index (χ0) is 18.5. The van der Waals surface area contributed by atoms with Crippen molar-refractivity contribution in [2.75, 3.05) is 0 Å². The van der Waals surface area contributed by atoms with E-state index in [0.29, 0.717) is 0 Å². The number of aliphatic hydroxyl groups excluding tert-OH is 1. The molecule has 4 rings (SSSR count). The fourth-order valence-corrected chi connectivity index (χ4v) is 3.15. The van der Waals surface area contributed by atoms with E-state index in [1.165, 1.54) is 5.39 Å². The molecule has 0 aliphatic heterocycles. The number of aliphatic hydroxyl groups is 1. The molecule has 4 aromatic carbocycles. The monoisotopic (exact) mass is 342 g/mol. The third-order valence-corrected chi connectivity index (χ3v) is 4.44. The van der Waals surface area contributed by atoms with E-state index in [1.54, 1.807) is 13.8 Å². The fraction of sp³-hybridized carbons (Fsp3) is 0.125. The van der Waals surface area contributed by atoms with Crippen LogP contribution in [0, 0.1) is 0 Å². The fourth-order valence-electron chi connectivity index (χ4n) is 3.15. The minimum atomic E-state index is -0.397. The summed E-state index contributed by atoms with van der Waals surface area (Å²) in [6.45, 7) is 3.39. The molecule has 0 aromatic heterocycles. The number of Topliss-reactive ketones (excluding diaryl/α,β-unsaturated/α-hetero) is 1. The van der Waals surface area contributed by atoms with Crippen LogP contribution in [0.4, 0.5) is 0 Å². The number of ketones is 1. The largest absolute Gasteiger partial charge is 0.389 e. The molecule has 4 aromatic rings. The Bertz CT molecular complexity index is 1040. The second kappa shape index (κ2) is 7.94. The summed E-state index contributed by atoms with van der Waals surface area (Å²) in [6, 6.07) is 27.8. The van der Waals surface area contributed by atoms with Crippen molar-refractivity contribution in [1.82, 2.24) is 0 Å². The summed E-state index contributed by atoms with van der Waals surface area (Å²) in [5.74, 6) is 0.122. The van der Waals surface area contributed by atoms with Gasteiger partial charge in [-0.1, -0.05) is 84.9 Å². The second-order valence-corrected chi connectivity index (χ2v) is 6.33.